The summed E-state index contributed by atoms with van der Waals surface area (Å²) in [5.41, 5.74) is 1.99. The molecule has 8 nitrogen and oxygen atoms in total. The second-order valence-electron chi connectivity index (χ2n) is 14.5. The molecule has 2 aromatic rings. The maximum Gasteiger partial charge on any atom is 0.264 e. The number of nitrogens with one attached hydrogen (secondary N) is 1. The van der Waals surface area contributed by atoms with Gasteiger partial charge in [-0.3, -0.25) is 9.59 Å². The lowest BCUT2D eigenvalue weighted by Gasteiger charge is -2.50. The molecule has 1 amide bonds. The number of aliphatic hydroxyl groups is 1. The molecule has 2 aromatic carbocycles. The van der Waals surface area contributed by atoms with Gasteiger partial charge in [0.2, 0.25) is 10.0 Å². The van der Waals surface area contributed by atoms with Crippen molar-refractivity contribution in [2.75, 3.05) is 24.6 Å². The number of aryl methyl sites for hydroxylation is 1. The number of sulfonamides is 1. The molecule has 2 N–H and O–H groups in total. The molecular weight excluding hydrogens is 624 g/mol. The van der Waals surface area contributed by atoms with Gasteiger partial charge in [0, 0.05) is 41.9 Å². The first-order valence-corrected chi connectivity index (χ1v) is 18.9. The highest BCUT2D eigenvalue weighted by atomic mass is 35.5. The Kier molecular flexibility index (Phi) is 9.24. The van der Waals surface area contributed by atoms with Crippen LogP contribution in [0.3, 0.4) is 0 Å². The molecular formula is C36H47ClN2O6S. The predicted octanol–water partition coefficient (Wildman–Crippen LogP) is 6.21. The summed E-state index contributed by atoms with van der Waals surface area (Å²) < 4.78 is 35.6. The minimum atomic E-state index is -3.97. The number of ketones is 1. The van der Waals surface area contributed by atoms with Crippen molar-refractivity contribution in [3.63, 3.8) is 0 Å². The highest BCUT2D eigenvalue weighted by Gasteiger charge is 2.49. The largest absolute Gasteiger partial charge is 0.490 e. The molecule has 0 unspecified atom stereocenters. The lowest BCUT2D eigenvalue weighted by atomic mass is 9.61. The number of benzene rings is 2. The van der Waals surface area contributed by atoms with Gasteiger partial charge in [0.15, 0.2) is 0 Å². The zero-order valence-electron chi connectivity index (χ0n) is 27.2. The molecule has 250 valence electrons. The van der Waals surface area contributed by atoms with Gasteiger partial charge in [-0.25, -0.2) is 13.1 Å². The van der Waals surface area contributed by atoms with Crippen LogP contribution < -0.4 is 14.4 Å². The normalized spacial score (nSPS) is 32.6. The molecule has 6 atom stereocenters. The van der Waals surface area contributed by atoms with Gasteiger partial charge < -0.3 is 14.7 Å². The summed E-state index contributed by atoms with van der Waals surface area (Å²) in [6, 6.07) is 11.3. The predicted molar refractivity (Wildman–Crippen MR) is 180 cm³/mol. The second-order valence-corrected chi connectivity index (χ2v) is 16.9. The third-order valence-electron chi connectivity index (χ3n) is 11.6. The summed E-state index contributed by atoms with van der Waals surface area (Å²) >= 11 is 6.42. The average Bonchev–Trinajstić information content (AvgIpc) is 3.14. The fourth-order valence-electron chi connectivity index (χ4n) is 8.46. The number of carbonyl (C=O) groups excluding carboxylic acids is 2. The standard InChI is InChI=1S/C36H47ClN2O6S/c1-4-29(40)19-36(42)16-5-7-23(2)24(3)46(43,44)38-34(41)26-10-14-33-32(18-26)39(20-27-9-12-31(27)36)21-35(22-45-33)15-6-8-25-17-28(37)11-13-30(25)35/h10-11,13-14,17-18,23-24,27,31,42H,4-9,12,15-16,19-22H2,1-3H3,(H,38,41)/t23-,24+,27-,31+,35-,36+/m0/s1. The molecule has 2 aliphatic heterocycles. The Bertz CT molecular complexity index is 1610. The quantitative estimate of drug-likeness (QED) is 0.399. The molecule has 1 spiro atoms. The van der Waals surface area contributed by atoms with Gasteiger partial charge in [-0.05, 0) is 111 Å². The first-order chi connectivity index (χ1) is 21.8. The molecule has 2 heterocycles. The molecule has 0 radical (unpaired) electrons. The van der Waals surface area contributed by atoms with E-state index in [4.69, 9.17) is 16.3 Å². The van der Waals surface area contributed by atoms with Crippen molar-refractivity contribution in [1.29, 1.82) is 0 Å². The van der Waals surface area contributed by atoms with Gasteiger partial charge in [0.1, 0.15) is 11.5 Å². The topological polar surface area (TPSA) is 113 Å². The molecule has 4 aliphatic rings. The lowest BCUT2D eigenvalue weighted by Crippen LogP contribution is -2.53. The number of amides is 1. The Morgan fingerprint density at radius 2 is 1.91 bits per heavy atom. The molecule has 2 aliphatic carbocycles. The summed E-state index contributed by atoms with van der Waals surface area (Å²) in [4.78, 5) is 28.6. The number of hydrogen-bond donors (Lipinski definition) is 2. The number of halogens is 1. The summed E-state index contributed by atoms with van der Waals surface area (Å²) in [7, 11) is -3.97. The SMILES string of the molecule is CCC(=O)C[C@]1(O)CCC[C@H](C)[C@@H](C)S(=O)(=O)NC(=O)c2ccc3c(c2)N(C[C@@H]2CC[C@H]21)C[C@@]1(CCCc2cc(Cl)ccc21)CO3. The van der Waals surface area contributed by atoms with Crippen LogP contribution in [0.25, 0.3) is 0 Å². The van der Waals surface area contributed by atoms with Crippen LogP contribution in [0.2, 0.25) is 5.02 Å². The summed E-state index contributed by atoms with van der Waals surface area (Å²) in [5.74, 6) is -0.120. The van der Waals surface area contributed by atoms with Crippen molar-refractivity contribution in [1.82, 2.24) is 4.72 Å². The monoisotopic (exact) mass is 670 g/mol. The third kappa shape index (κ3) is 6.31. The van der Waals surface area contributed by atoms with Crippen LogP contribution in [-0.4, -0.2) is 55.8 Å². The smallest absolute Gasteiger partial charge is 0.264 e. The van der Waals surface area contributed by atoms with Crippen molar-refractivity contribution < 1.29 is 27.9 Å². The Balaban J connectivity index is 1.44. The zero-order valence-corrected chi connectivity index (χ0v) is 28.8. The van der Waals surface area contributed by atoms with Gasteiger partial charge >= 0.3 is 0 Å². The van der Waals surface area contributed by atoms with E-state index in [1.54, 1.807) is 25.1 Å². The van der Waals surface area contributed by atoms with Crippen LogP contribution in [-0.2, 0) is 26.7 Å². The van der Waals surface area contributed by atoms with Crippen LogP contribution >= 0.6 is 11.6 Å². The van der Waals surface area contributed by atoms with Crippen LogP contribution in [0.4, 0.5) is 5.69 Å². The molecule has 10 heteroatoms. The average molecular weight is 671 g/mol. The van der Waals surface area contributed by atoms with Gasteiger partial charge in [-0.15, -0.1) is 0 Å². The third-order valence-corrected chi connectivity index (χ3v) is 13.7. The number of Topliss-reactive ketones (excluding diaryl/α,β-unsaturated/α-hetero) is 1. The minimum Gasteiger partial charge on any atom is -0.490 e. The number of carbonyl (C=O) groups is 2. The van der Waals surface area contributed by atoms with Crippen LogP contribution in [0.5, 0.6) is 5.75 Å². The van der Waals surface area contributed by atoms with E-state index in [0.717, 1.165) is 37.8 Å². The summed E-state index contributed by atoms with van der Waals surface area (Å²) in [5, 5.41) is 12.1. The number of ether oxygens (including phenoxy) is 1. The van der Waals surface area contributed by atoms with Crippen molar-refractivity contribution in [2.24, 2.45) is 17.8 Å². The van der Waals surface area contributed by atoms with E-state index >= 15 is 0 Å². The van der Waals surface area contributed by atoms with E-state index in [2.05, 4.69) is 21.8 Å². The fourth-order valence-corrected chi connectivity index (χ4v) is 9.96. The van der Waals surface area contributed by atoms with Gasteiger partial charge in [-0.2, -0.15) is 0 Å². The van der Waals surface area contributed by atoms with E-state index < -0.39 is 26.8 Å². The van der Waals surface area contributed by atoms with Crippen molar-refractivity contribution in [2.45, 2.75) is 101 Å². The molecule has 1 fully saturated rings. The van der Waals surface area contributed by atoms with E-state index in [-0.39, 0.29) is 40.9 Å². The Morgan fingerprint density at radius 1 is 1.11 bits per heavy atom. The number of rotatable bonds is 3. The Morgan fingerprint density at radius 3 is 2.65 bits per heavy atom. The molecule has 6 rings (SSSR count). The Hall–Kier alpha value is -2.62. The first-order valence-electron chi connectivity index (χ1n) is 16.9. The van der Waals surface area contributed by atoms with Crippen molar-refractivity contribution in [3.8, 4) is 5.75 Å². The van der Waals surface area contributed by atoms with Crippen LogP contribution in [0, 0.1) is 17.8 Å². The Labute approximate surface area is 278 Å². The maximum absolute atomic E-state index is 13.5. The number of anilines is 1. The molecule has 1 saturated carbocycles. The second kappa shape index (κ2) is 12.8. The number of nitrogens with zero attached hydrogens (tertiary/aromatic N) is 1. The van der Waals surface area contributed by atoms with Crippen LogP contribution in [0.15, 0.2) is 36.4 Å². The fraction of sp³-hybridized carbons (Fsp3) is 0.611. The van der Waals surface area contributed by atoms with Crippen molar-refractivity contribution in [3.05, 3.63) is 58.1 Å². The number of hydrogen-bond acceptors (Lipinski definition) is 7. The van der Waals surface area contributed by atoms with E-state index in [0.29, 0.717) is 56.2 Å². The molecule has 46 heavy (non-hydrogen) atoms. The highest BCUT2D eigenvalue weighted by Crippen LogP contribution is 2.49. The summed E-state index contributed by atoms with van der Waals surface area (Å²) in [6.45, 7) is 7.06. The first kappa shape index (κ1) is 33.3. The van der Waals surface area contributed by atoms with Gasteiger partial charge in [0.05, 0.1) is 23.1 Å². The van der Waals surface area contributed by atoms with Crippen molar-refractivity contribution >= 4 is 39.0 Å². The van der Waals surface area contributed by atoms with Gasteiger partial charge in [0.25, 0.3) is 5.91 Å². The van der Waals surface area contributed by atoms with Crippen LogP contribution in [0.1, 0.15) is 100 Å². The zero-order chi connectivity index (χ0) is 32.9. The molecule has 0 saturated heterocycles. The molecule has 2 bridgehead atoms. The number of fused-ring (bicyclic) bond motifs is 4. The minimum absolute atomic E-state index is 0.0452. The highest BCUT2D eigenvalue weighted by molar-refractivity contribution is 7.90. The van der Waals surface area contributed by atoms with E-state index in [9.17, 15) is 23.1 Å². The van der Waals surface area contributed by atoms with E-state index in [1.165, 1.54) is 11.1 Å². The molecule has 0 aromatic heterocycles. The maximum atomic E-state index is 13.5. The lowest BCUT2D eigenvalue weighted by molar-refractivity contribution is -0.134. The van der Waals surface area contributed by atoms with E-state index in [1.807, 2.05) is 19.9 Å². The van der Waals surface area contributed by atoms with Gasteiger partial charge in [-0.1, -0.05) is 37.9 Å². The summed E-state index contributed by atoms with van der Waals surface area (Å²) in [6.07, 6.45) is 6.72.